The minimum Gasteiger partial charge on any atom is -0.378 e. The molecular weight excluding hydrogens is 382 g/mol. The van der Waals surface area contributed by atoms with E-state index in [0.717, 1.165) is 40.0 Å². The molecule has 0 fully saturated rings. The lowest BCUT2D eigenvalue weighted by Gasteiger charge is -2.35. The van der Waals surface area contributed by atoms with Crippen LogP contribution in [0.15, 0.2) is 72.8 Å². The van der Waals surface area contributed by atoms with E-state index < -0.39 is 5.41 Å². The zero-order valence-corrected chi connectivity index (χ0v) is 19.5. The molecule has 0 saturated carbocycles. The Labute approximate surface area is 186 Å². The van der Waals surface area contributed by atoms with Gasteiger partial charge in [-0.2, -0.15) is 0 Å². The predicted octanol–water partition coefficient (Wildman–Crippen LogP) is 4.81. The predicted molar refractivity (Wildman–Crippen MR) is 133 cm³/mol. The van der Waals surface area contributed by atoms with Crippen molar-refractivity contribution in [3.63, 3.8) is 0 Å². The van der Waals surface area contributed by atoms with Crippen LogP contribution in [0.4, 0.5) is 17.1 Å². The second-order valence-corrected chi connectivity index (χ2v) is 8.60. The molecule has 0 bridgehead atoms. The Morgan fingerprint density at radius 1 is 0.548 bits per heavy atom. The average Bonchev–Trinajstić information content (AvgIpc) is 2.78. The van der Waals surface area contributed by atoms with Gasteiger partial charge in [0.1, 0.15) is 6.29 Å². The van der Waals surface area contributed by atoms with Gasteiger partial charge in [0, 0.05) is 65.8 Å². The van der Waals surface area contributed by atoms with Crippen LogP contribution in [-0.4, -0.2) is 48.6 Å². The van der Waals surface area contributed by atoms with Crippen LogP contribution in [0, 0.1) is 0 Å². The maximum absolute atomic E-state index is 12.0. The van der Waals surface area contributed by atoms with Gasteiger partial charge in [-0.25, -0.2) is 0 Å². The molecular formula is C27H33N3O. The van der Waals surface area contributed by atoms with E-state index in [1.807, 2.05) is 42.3 Å². The molecule has 3 rings (SSSR count). The second kappa shape index (κ2) is 9.25. The monoisotopic (exact) mass is 415 g/mol. The van der Waals surface area contributed by atoms with Crippen LogP contribution in [0.25, 0.3) is 0 Å². The molecule has 0 radical (unpaired) electrons. The first-order valence-corrected chi connectivity index (χ1v) is 10.6. The fourth-order valence-corrected chi connectivity index (χ4v) is 4.11. The molecule has 0 amide bonds. The average molecular weight is 416 g/mol. The molecule has 0 heterocycles. The summed E-state index contributed by atoms with van der Waals surface area (Å²) >= 11 is 0. The van der Waals surface area contributed by atoms with Crippen molar-refractivity contribution in [3.05, 3.63) is 89.5 Å². The van der Waals surface area contributed by atoms with Crippen LogP contribution in [0.1, 0.15) is 23.1 Å². The summed E-state index contributed by atoms with van der Waals surface area (Å²) in [5.41, 5.74) is 6.18. The Morgan fingerprint density at radius 3 is 1.00 bits per heavy atom. The highest BCUT2D eigenvalue weighted by atomic mass is 16.1. The van der Waals surface area contributed by atoms with Crippen molar-refractivity contribution in [2.24, 2.45) is 0 Å². The highest BCUT2D eigenvalue weighted by molar-refractivity contribution is 5.65. The van der Waals surface area contributed by atoms with Gasteiger partial charge in [-0.3, -0.25) is 0 Å². The molecule has 0 unspecified atom stereocenters. The number of nitrogens with zero attached hydrogens (tertiary/aromatic N) is 3. The van der Waals surface area contributed by atoms with Crippen molar-refractivity contribution >= 4 is 23.3 Å². The van der Waals surface area contributed by atoms with E-state index in [2.05, 4.69) is 87.5 Å². The van der Waals surface area contributed by atoms with Crippen LogP contribution < -0.4 is 14.7 Å². The summed E-state index contributed by atoms with van der Waals surface area (Å²) < 4.78 is 0. The van der Waals surface area contributed by atoms with E-state index in [9.17, 15) is 4.79 Å². The summed E-state index contributed by atoms with van der Waals surface area (Å²) in [4.78, 5) is 18.3. The molecule has 0 saturated heterocycles. The molecule has 0 aliphatic rings. The van der Waals surface area contributed by atoms with Crippen molar-refractivity contribution in [2.45, 2.75) is 11.8 Å². The van der Waals surface area contributed by atoms with Crippen molar-refractivity contribution in [3.8, 4) is 0 Å². The van der Waals surface area contributed by atoms with Gasteiger partial charge < -0.3 is 19.5 Å². The molecule has 0 aliphatic heterocycles. The van der Waals surface area contributed by atoms with Gasteiger partial charge in [-0.15, -0.1) is 0 Å². The fourth-order valence-electron chi connectivity index (χ4n) is 4.11. The first-order chi connectivity index (χ1) is 14.8. The summed E-state index contributed by atoms with van der Waals surface area (Å²) in [6.45, 7) is 0. The number of aldehydes is 1. The third kappa shape index (κ3) is 4.43. The summed E-state index contributed by atoms with van der Waals surface area (Å²) in [6, 6.07) is 25.6. The summed E-state index contributed by atoms with van der Waals surface area (Å²) in [5, 5.41) is 0. The third-order valence-electron chi connectivity index (χ3n) is 6.02. The molecule has 0 N–H and O–H groups in total. The van der Waals surface area contributed by atoms with Gasteiger partial charge in [0.2, 0.25) is 0 Å². The number of benzene rings is 3. The van der Waals surface area contributed by atoms with E-state index in [-0.39, 0.29) is 0 Å². The van der Waals surface area contributed by atoms with Crippen molar-refractivity contribution in [2.75, 3.05) is 57.0 Å². The number of hydrogen-bond acceptors (Lipinski definition) is 4. The number of hydrogen-bond donors (Lipinski definition) is 0. The van der Waals surface area contributed by atoms with Gasteiger partial charge in [-0.05, 0) is 53.1 Å². The van der Waals surface area contributed by atoms with Crippen LogP contribution in [0.3, 0.4) is 0 Å². The lowest BCUT2D eigenvalue weighted by molar-refractivity contribution is -0.108. The van der Waals surface area contributed by atoms with Crippen LogP contribution in [-0.2, 0) is 10.2 Å². The van der Waals surface area contributed by atoms with Gasteiger partial charge in [0.05, 0.1) is 5.41 Å². The van der Waals surface area contributed by atoms with Crippen molar-refractivity contribution in [1.29, 1.82) is 0 Å². The zero-order chi connectivity index (χ0) is 22.6. The molecule has 0 spiro atoms. The van der Waals surface area contributed by atoms with E-state index >= 15 is 0 Å². The van der Waals surface area contributed by atoms with Crippen LogP contribution >= 0.6 is 0 Å². The van der Waals surface area contributed by atoms with Gasteiger partial charge in [0.25, 0.3) is 0 Å². The van der Waals surface area contributed by atoms with E-state index in [1.165, 1.54) is 0 Å². The molecule has 3 aromatic carbocycles. The van der Waals surface area contributed by atoms with Gasteiger partial charge in [0.15, 0.2) is 0 Å². The lowest BCUT2D eigenvalue weighted by atomic mass is 9.67. The minimum atomic E-state index is -0.553. The molecule has 3 aromatic rings. The number of carbonyl (C=O) groups excluding carboxylic acids is 1. The van der Waals surface area contributed by atoms with E-state index in [0.29, 0.717) is 6.42 Å². The van der Waals surface area contributed by atoms with Crippen LogP contribution in [0.2, 0.25) is 0 Å². The SMILES string of the molecule is CN(C)c1ccc(C(CC=O)(c2ccc(N(C)C)cc2)c2ccc(N(C)C)cc2)cc1. The Bertz CT molecular complexity index is 863. The molecule has 162 valence electrons. The first kappa shape index (κ1) is 22.4. The minimum absolute atomic E-state index is 0.372. The molecule has 31 heavy (non-hydrogen) atoms. The maximum atomic E-state index is 12.0. The summed E-state index contributed by atoms with van der Waals surface area (Å²) in [7, 11) is 12.2. The van der Waals surface area contributed by atoms with E-state index in [1.54, 1.807) is 0 Å². The largest absolute Gasteiger partial charge is 0.378 e. The van der Waals surface area contributed by atoms with Gasteiger partial charge >= 0.3 is 0 Å². The molecule has 0 aromatic heterocycles. The van der Waals surface area contributed by atoms with E-state index in [4.69, 9.17) is 0 Å². The topological polar surface area (TPSA) is 26.8 Å². The highest BCUT2D eigenvalue weighted by Crippen LogP contribution is 2.43. The van der Waals surface area contributed by atoms with Crippen LogP contribution in [0.5, 0.6) is 0 Å². The fraction of sp³-hybridized carbons (Fsp3) is 0.296. The lowest BCUT2D eigenvalue weighted by Crippen LogP contribution is -2.30. The zero-order valence-electron chi connectivity index (χ0n) is 19.5. The Balaban J connectivity index is 2.24. The molecule has 0 aliphatic carbocycles. The number of anilines is 3. The smallest absolute Gasteiger partial charge is 0.121 e. The summed E-state index contributed by atoms with van der Waals surface area (Å²) in [6.07, 6.45) is 1.41. The molecule has 4 heteroatoms. The Morgan fingerprint density at radius 2 is 0.806 bits per heavy atom. The highest BCUT2D eigenvalue weighted by Gasteiger charge is 2.36. The Hall–Kier alpha value is -3.27. The maximum Gasteiger partial charge on any atom is 0.121 e. The molecule has 4 nitrogen and oxygen atoms in total. The number of rotatable bonds is 8. The number of carbonyl (C=O) groups is 1. The quantitative estimate of drug-likeness (QED) is 0.390. The standard InChI is InChI=1S/C27H33N3O/c1-28(2)24-13-7-21(8-14-24)27(19-20-31,22-9-15-25(16-10-22)29(3)4)23-11-17-26(18-12-23)30(5)6/h7-18,20H,19H2,1-6H3. The summed E-state index contributed by atoms with van der Waals surface area (Å²) in [5.74, 6) is 0. The van der Waals surface area contributed by atoms with Gasteiger partial charge in [-0.1, -0.05) is 36.4 Å². The van der Waals surface area contributed by atoms with Crippen molar-refractivity contribution < 1.29 is 4.79 Å². The molecule has 0 atom stereocenters. The first-order valence-electron chi connectivity index (χ1n) is 10.6. The second-order valence-electron chi connectivity index (χ2n) is 8.60. The Kier molecular flexibility index (Phi) is 6.69. The third-order valence-corrected chi connectivity index (χ3v) is 6.02. The van der Waals surface area contributed by atoms with Crippen molar-refractivity contribution in [1.82, 2.24) is 0 Å². The normalized spacial score (nSPS) is 11.2.